The van der Waals surface area contributed by atoms with Crippen LogP contribution in [-0.2, 0) is 20.9 Å². The molecule has 8 heteroatoms. The largest absolute Gasteiger partial charge is 0.463 e. The van der Waals surface area contributed by atoms with Gasteiger partial charge < -0.3 is 10.1 Å². The second-order valence-corrected chi connectivity index (χ2v) is 6.47. The van der Waals surface area contributed by atoms with E-state index in [1.165, 1.54) is 28.3 Å². The first kappa shape index (κ1) is 18.5. The first-order valence-electron chi connectivity index (χ1n) is 8.24. The number of anilines is 1. The third-order valence-electron chi connectivity index (χ3n) is 3.66. The Bertz CT molecular complexity index is 1050. The maximum absolute atomic E-state index is 12.3. The number of rotatable bonds is 6. The molecule has 3 aromatic rings. The highest BCUT2D eigenvalue weighted by molar-refractivity contribution is 7.16. The van der Waals surface area contributed by atoms with E-state index in [-0.39, 0.29) is 18.0 Å². The number of benzene rings is 1. The van der Waals surface area contributed by atoms with E-state index in [4.69, 9.17) is 4.74 Å². The normalized spacial score (nSPS) is 11.0. The number of thiophene rings is 1. The Hall–Kier alpha value is -3.26. The number of carbonyl (C=O) groups excluding carboxylic acids is 2. The minimum atomic E-state index is -0.406. The molecule has 0 fully saturated rings. The summed E-state index contributed by atoms with van der Waals surface area (Å²) < 4.78 is 6.09. The molecule has 0 aliphatic carbocycles. The Balaban J connectivity index is 1.63. The molecule has 1 N–H and O–H groups in total. The van der Waals surface area contributed by atoms with E-state index in [1.54, 1.807) is 48.7 Å². The van der Waals surface area contributed by atoms with Crippen LogP contribution in [0.2, 0.25) is 0 Å². The minimum absolute atomic E-state index is 0.123. The third kappa shape index (κ3) is 4.68. The van der Waals surface area contributed by atoms with Crippen LogP contribution in [0.15, 0.2) is 52.9 Å². The number of esters is 1. The molecule has 0 spiro atoms. The second-order valence-electron chi connectivity index (χ2n) is 5.57. The zero-order chi connectivity index (χ0) is 19.2. The number of ether oxygens (including phenoxy) is 1. The zero-order valence-corrected chi connectivity index (χ0v) is 15.4. The van der Waals surface area contributed by atoms with Crippen LogP contribution >= 0.6 is 11.3 Å². The SMILES string of the molecule is CCOC(=O)/C=C/c1ccc(NC(=O)Cn2cnc3sccc3c2=O)cc1. The van der Waals surface area contributed by atoms with Crippen LogP contribution in [-0.4, -0.2) is 28.0 Å². The van der Waals surface area contributed by atoms with Gasteiger partial charge in [-0.2, -0.15) is 0 Å². The van der Waals surface area contributed by atoms with E-state index >= 15 is 0 Å². The quantitative estimate of drug-likeness (QED) is 0.522. The van der Waals surface area contributed by atoms with E-state index in [0.717, 1.165) is 5.56 Å². The van der Waals surface area contributed by atoms with E-state index in [9.17, 15) is 14.4 Å². The highest BCUT2D eigenvalue weighted by Crippen LogP contribution is 2.14. The standard InChI is InChI=1S/C19H17N3O4S/c1-2-26-17(24)8-5-13-3-6-14(7-4-13)21-16(23)11-22-12-20-18-15(19(22)25)9-10-27-18/h3-10,12H,2,11H2,1H3,(H,21,23)/b8-5+. The molecule has 0 bridgehead atoms. The van der Waals surface area contributed by atoms with Gasteiger partial charge in [0.1, 0.15) is 11.4 Å². The fraction of sp³-hybridized carbons (Fsp3) is 0.158. The first-order valence-corrected chi connectivity index (χ1v) is 9.12. The maximum atomic E-state index is 12.3. The van der Waals surface area contributed by atoms with Gasteiger partial charge in [0.05, 0.1) is 18.3 Å². The molecule has 0 aliphatic rings. The van der Waals surface area contributed by atoms with Crippen molar-refractivity contribution in [3.05, 3.63) is 64.0 Å². The van der Waals surface area contributed by atoms with Crippen molar-refractivity contribution >= 4 is 45.2 Å². The number of carbonyl (C=O) groups is 2. The van der Waals surface area contributed by atoms with Crippen LogP contribution in [0, 0.1) is 0 Å². The van der Waals surface area contributed by atoms with Crippen molar-refractivity contribution in [3.63, 3.8) is 0 Å². The molecule has 7 nitrogen and oxygen atoms in total. The Morgan fingerprint density at radius 3 is 2.78 bits per heavy atom. The van der Waals surface area contributed by atoms with Crippen LogP contribution in [0.5, 0.6) is 0 Å². The number of aromatic nitrogens is 2. The maximum Gasteiger partial charge on any atom is 0.330 e. The molecular weight excluding hydrogens is 366 g/mol. The highest BCUT2D eigenvalue weighted by atomic mass is 32.1. The molecule has 0 atom stereocenters. The Kier molecular flexibility index (Phi) is 5.77. The van der Waals surface area contributed by atoms with Crippen molar-refractivity contribution in [2.75, 3.05) is 11.9 Å². The summed E-state index contributed by atoms with van der Waals surface area (Å²) in [6.07, 6.45) is 4.35. The van der Waals surface area contributed by atoms with Crippen molar-refractivity contribution in [1.29, 1.82) is 0 Å². The second kappa shape index (κ2) is 8.41. The number of nitrogens with zero attached hydrogens (tertiary/aromatic N) is 2. The van der Waals surface area contributed by atoms with Gasteiger partial charge >= 0.3 is 5.97 Å². The van der Waals surface area contributed by atoms with Crippen LogP contribution in [0.1, 0.15) is 12.5 Å². The molecule has 2 aromatic heterocycles. The first-order chi connectivity index (χ1) is 13.1. The number of hydrogen-bond donors (Lipinski definition) is 1. The van der Waals surface area contributed by atoms with Gasteiger partial charge in [-0.15, -0.1) is 11.3 Å². The summed E-state index contributed by atoms with van der Waals surface area (Å²) in [4.78, 5) is 40.6. The summed E-state index contributed by atoms with van der Waals surface area (Å²) in [5.74, 6) is -0.736. The van der Waals surface area contributed by atoms with Gasteiger partial charge in [-0.05, 0) is 42.1 Å². The van der Waals surface area contributed by atoms with Gasteiger partial charge in [0.2, 0.25) is 5.91 Å². The molecular formula is C19H17N3O4S. The zero-order valence-electron chi connectivity index (χ0n) is 14.5. The topological polar surface area (TPSA) is 90.3 Å². The molecule has 0 saturated heterocycles. The van der Waals surface area contributed by atoms with E-state index < -0.39 is 5.97 Å². The summed E-state index contributed by atoms with van der Waals surface area (Å²) in [5.41, 5.74) is 1.14. The van der Waals surface area contributed by atoms with Gasteiger partial charge in [0.25, 0.3) is 5.56 Å². The molecule has 1 amide bonds. The molecule has 3 rings (SSSR count). The van der Waals surface area contributed by atoms with Crippen LogP contribution in [0.25, 0.3) is 16.3 Å². The Labute approximate surface area is 158 Å². The van der Waals surface area contributed by atoms with E-state index in [1.807, 2.05) is 0 Å². The lowest BCUT2D eigenvalue weighted by atomic mass is 10.2. The van der Waals surface area contributed by atoms with Gasteiger partial charge in [-0.1, -0.05) is 12.1 Å². The summed E-state index contributed by atoms with van der Waals surface area (Å²) in [6.45, 7) is 1.94. The summed E-state index contributed by atoms with van der Waals surface area (Å²) in [7, 11) is 0. The molecule has 0 unspecified atom stereocenters. The van der Waals surface area contributed by atoms with Gasteiger partial charge in [0.15, 0.2) is 0 Å². The lowest BCUT2D eigenvalue weighted by Gasteiger charge is -2.07. The lowest BCUT2D eigenvalue weighted by molar-refractivity contribution is -0.137. The van der Waals surface area contributed by atoms with Gasteiger partial charge in [0, 0.05) is 11.8 Å². The molecule has 0 radical (unpaired) electrons. The summed E-state index contributed by atoms with van der Waals surface area (Å²) in [5, 5.41) is 5.03. The van der Waals surface area contributed by atoms with Crippen molar-refractivity contribution in [2.45, 2.75) is 13.5 Å². The number of fused-ring (bicyclic) bond motifs is 1. The Morgan fingerprint density at radius 1 is 1.26 bits per heavy atom. The average molecular weight is 383 g/mol. The van der Waals surface area contributed by atoms with Gasteiger partial charge in [-0.25, -0.2) is 9.78 Å². The van der Waals surface area contributed by atoms with Crippen molar-refractivity contribution in [2.24, 2.45) is 0 Å². The predicted molar refractivity (Wildman–Crippen MR) is 105 cm³/mol. The molecule has 0 aliphatic heterocycles. The molecule has 138 valence electrons. The smallest absolute Gasteiger partial charge is 0.330 e. The number of nitrogens with one attached hydrogen (secondary N) is 1. The predicted octanol–water partition coefficient (Wildman–Crippen LogP) is 2.67. The monoisotopic (exact) mass is 383 g/mol. The third-order valence-corrected chi connectivity index (χ3v) is 4.48. The fourth-order valence-electron chi connectivity index (χ4n) is 2.39. The average Bonchev–Trinajstić information content (AvgIpc) is 3.13. The Morgan fingerprint density at radius 2 is 2.04 bits per heavy atom. The van der Waals surface area contributed by atoms with Gasteiger partial charge in [-0.3, -0.25) is 14.2 Å². The summed E-state index contributed by atoms with van der Waals surface area (Å²) in [6, 6.07) is 8.65. The van der Waals surface area contributed by atoms with Crippen molar-refractivity contribution < 1.29 is 14.3 Å². The van der Waals surface area contributed by atoms with Crippen molar-refractivity contribution in [1.82, 2.24) is 9.55 Å². The molecule has 2 heterocycles. The van der Waals surface area contributed by atoms with Crippen LogP contribution in [0.4, 0.5) is 5.69 Å². The van der Waals surface area contributed by atoms with Crippen LogP contribution < -0.4 is 10.9 Å². The van der Waals surface area contributed by atoms with E-state index in [0.29, 0.717) is 22.5 Å². The molecule has 1 aromatic carbocycles. The number of amides is 1. The fourth-order valence-corrected chi connectivity index (χ4v) is 3.12. The molecule has 27 heavy (non-hydrogen) atoms. The van der Waals surface area contributed by atoms with E-state index in [2.05, 4.69) is 10.3 Å². The number of hydrogen-bond acceptors (Lipinski definition) is 6. The summed E-state index contributed by atoms with van der Waals surface area (Å²) >= 11 is 1.38. The van der Waals surface area contributed by atoms with Crippen LogP contribution in [0.3, 0.4) is 0 Å². The lowest BCUT2D eigenvalue weighted by Crippen LogP contribution is -2.27. The van der Waals surface area contributed by atoms with Crippen molar-refractivity contribution in [3.8, 4) is 0 Å². The molecule has 0 saturated carbocycles. The minimum Gasteiger partial charge on any atom is -0.463 e. The highest BCUT2D eigenvalue weighted by Gasteiger charge is 2.09.